The quantitative estimate of drug-likeness (QED) is 0.753. The van der Waals surface area contributed by atoms with Crippen molar-refractivity contribution in [1.29, 1.82) is 0 Å². The van der Waals surface area contributed by atoms with Crippen molar-refractivity contribution in [2.75, 3.05) is 33.2 Å². The first-order valence-electron chi connectivity index (χ1n) is 8.42. The molecule has 0 aliphatic carbocycles. The zero-order chi connectivity index (χ0) is 16.8. The summed E-state index contributed by atoms with van der Waals surface area (Å²) < 4.78 is 0. The average Bonchev–Trinajstić information content (AvgIpc) is 2.56. The molecule has 23 heavy (non-hydrogen) atoms. The molecule has 1 heterocycles. The van der Waals surface area contributed by atoms with Crippen LogP contribution in [0, 0.1) is 0 Å². The fourth-order valence-electron chi connectivity index (χ4n) is 2.92. The SMILES string of the molecule is C=C[C@H](C(=O)N1CCN(Cc2ccccc2)CC1)N(C)C(C)C. The number of nitrogens with zero attached hydrogens (tertiary/aromatic N) is 3. The second kappa shape index (κ2) is 8.27. The molecule has 0 spiro atoms. The molecule has 0 radical (unpaired) electrons. The highest BCUT2D eigenvalue weighted by Gasteiger charge is 2.29. The van der Waals surface area contributed by atoms with Gasteiger partial charge < -0.3 is 4.90 Å². The predicted molar refractivity (Wildman–Crippen MR) is 95.2 cm³/mol. The maximum Gasteiger partial charge on any atom is 0.243 e. The van der Waals surface area contributed by atoms with E-state index in [-0.39, 0.29) is 11.9 Å². The Morgan fingerprint density at radius 3 is 2.35 bits per heavy atom. The zero-order valence-corrected chi connectivity index (χ0v) is 14.6. The number of amides is 1. The molecule has 4 heteroatoms. The van der Waals surface area contributed by atoms with Crippen molar-refractivity contribution in [1.82, 2.24) is 14.7 Å². The van der Waals surface area contributed by atoms with Gasteiger partial charge in [-0.1, -0.05) is 36.4 Å². The fourth-order valence-corrected chi connectivity index (χ4v) is 2.92. The first kappa shape index (κ1) is 17.7. The second-order valence-corrected chi connectivity index (χ2v) is 6.53. The lowest BCUT2D eigenvalue weighted by molar-refractivity contribution is -0.137. The van der Waals surface area contributed by atoms with Gasteiger partial charge in [-0.05, 0) is 26.5 Å². The van der Waals surface area contributed by atoms with Crippen LogP contribution in [0.3, 0.4) is 0 Å². The molecule has 1 aromatic rings. The van der Waals surface area contributed by atoms with Crippen molar-refractivity contribution in [2.45, 2.75) is 32.5 Å². The van der Waals surface area contributed by atoms with E-state index in [4.69, 9.17) is 0 Å². The molecular formula is C19H29N3O. The summed E-state index contributed by atoms with van der Waals surface area (Å²) in [5, 5.41) is 0. The molecule has 0 saturated carbocycles. The van der Waals surface area contributed by atoms with E-state index in [1.165, 1.54) is 5.56 Å². The van der Waals surface area contributed by atoms with E-state index in [0.29, 0.717) is 6.04 Å². The highest BCUT2D eigenvalue weighted by molar-refractivity contribution is 5.83. The lowest BCUT2D eigenvalue weighted by Crippen LogP contribution is -2.54. The zero-order valence-electron chi connectivity index (χ0n) is 14.6. The molecule has 1 aromatic carbocycles. The van der Waals surface area contributed by atoms with E-state index in [1.807, 2.05) is 18.0 Å². The molecule has 1 amide bonds. The lowest BCUT2D eigenvalue weighted by Gasteiger charge is -2.38. The number of hydrogen-bond acceptors (Lipinski definition) is 3. The Balaban J connectivity index is 1.88. The van der Waals surface area contributed by atoms with Gasteiger partial charge >= 0.3 is 0 Å². The monoisotopic (exact) mass is 315 g/mol. The van der Waals surface area contributed by atoms with Gasteiger partial charge in [-0.3, -0.25) is 14.6 Å². The number of piperazine rings is 1. The van der Waals surface area contributed by atoms with E-state index >= 15 is 0 Å². The van der Waals surface area contributed by atoms with E-state index in [9.17, 15) is 4.79 Å². The van der Waals surface area contributed by atoms with Crippen molar-refractivity contribution in [3.05, 3.63) is 48.6 Å². The van der Waals surface area contributed by atoms with Crippen LogP contribution in [0.4, 0.5) is 0 Å². The highest BCUT2D eigenvalue weighted by Crippen LogP contribution is 2.12. The summed E-state index contributed by atoms with van der Waals surface area (Å²) in [6, 6.07) is 10.6. The van der Waals surface area contributed by atoms with Crippen LogP contribution in [0.5, 0.6) is 0 Å². The van der Waals surface area contributed by atoms with Gasteiger partial charge in [-0.15, -0.1) is 6.58 Å². The molecule has 0 N–H and O–H groups in total. The molecule has 2 rings (SSSR count). The molecule has 0 bridgehead atoms. The number of carbonyl (C=O) groups excluding carboxylic acids is 1. The maximum absolute atomic E-state index is 12.7. The molecular weight excluding hydrogens is 286 g/mol. The van der Waals surface area contributed by atoms with Crippen molar-refractivity contribution >= 4 is 5.91 Å². The molecule has 1 fully saturated rings. The van der Waals surface area contributed by atoms with Gasteiger partial charge in [0.05, 0.1) is 0 Å². The Morgan fingerprint density at radius 1 is 1.22 bits per heavy atom. The molecule has 1 aliphatic heterocycles. The van der Waals surface area contributed by atoms with Gasteiger partial charge in [0, 0.05) is 38.8 Å². The van der Waals surface area contributed by atoms with Crippen LogP contribution in [0.25, 0.3) is 0 Å². The Bertz CT molecular complexity index is 507. The van der Waals surface area contributed by atoms with E-state index in [2.05, 4.69) is 54.5 Å². The number of likely N-dealkylation sites (N-methyl/N-ethyl adjacent to an activating group) is 1. The van der Waals surface area contributed by atoms with E-state index < -0.39 is 0 Å². The molecule has 1 saturated heterocycles. The Kier molecular flexibility index (Phi) is 6.37. The minimum absolute atomic E-state index is 0.176. The molecule has 0 aromatic heterocycles. The fraction of sp³-hybridized carbons (Fsp3) is 0.526. The van der Waals surface area contributed by atoms with Crippen molar-refractivity contribution < 1.29 is 4.79 Å². The third-order valence-corrected chi connectivity index (χ3v) is 4.66. The lowest BCUT2D eigenvalue weighted by atomic mass is 10.1. The van der Waals surface area contributed by atoms with Crippen LogP contribution in [-0.4, -0.2) is 65.9 Å². The number of rotatable bonds is 6. The minimum atomic E-state index is -0.226. The normalized spacial score (nSPS) is 17.5. The van der Waals surface area contributed by atoms with Gasteiger partial charge in [-0.2, -0.15) is 0 Å². The first-order chi connectivity index (χ1) is 11.0. The van der Waals surface area contributed by atoms with Crippen LogP contribution >= 0.6 is 0 Å². The van der Waals surface area contributed by atoms with Crippen molar-refractivity contribution in [2.24, 2.45) is 0 Å². The van der Waals surface area contributed by atoms with Crippen molar-refractivity contribution in [3.63, 3.8) is 0 Å². The topological polar surface area (TPSA) is 26.8 Å². The van der Waals surface area contributed by atoms with E-state index in [0.717, 1.165) is 32.7 Å². The predicted octanol–water partition coefficient (Wildman–Crippen LogP) is 2.23. The number of hydrogen-bond donors (Lipinski definition) is 0. The third-order valence-electron chi connectivity index (χ3n) is 4.66. The smallest absolute Gasteiger partial charge is 0.243 e. The van der Waals surface area contributed by atoms with Crippen LogP contribution in [-0.2, 0) is 11.3 Å². The molecule has 126 valence electrons. The van der Waals surface area contributed by atoms with Crippen molar-refractivity contribution in [3.8, 4) is 0 Å². The van der Waals surface area contributed by atoms with Gasteiger partial charge in [0.25, 0.3) is 0 Å². The van der Waals surface area contributed by atoms with Crippen LogP contribution in [0.15, 0.2) is 43.0 Å². The Labute approximate surface area is 140 Å². The van der Waals surface area contributed by atoms with Gasteiger partial charge in [0.15, 0.2) is 0 Å². The summed E-state index contributed by atoms with van der Waals surface area (Å²) in [5.74, 6) is 0.176. The first-order valence-corrected chi connectivity index (χ1v) is 8.42. The van der Waals surface area contributed by atoms with Gasteiger partial charge in [0.1, 0.15) is 6.04 Å². The van der Waals surface area contributed by atoms with Gasteiger partial charge in [-0.25, -0.2) is 0 Å². The number of carbonyl (C=O) groups is 1. The largest absolute Gasteiger partial charge is 0.338 e. The van der Waals surface area contributed by atoms with Gasteiger partial charge in [0.2, 0.25) is 5.91 Å². The maximum atomic E-state index is 12.7. The van der Waals surface area contributed by atoms with E-state index in [1.54, 1.807) is 6.08 Å². The van der Waals surface area contributed by atoms with Crippen LogP contribution in [0.1, 0.15) is 19.4 Å². The standard InChI is InChI=1S/C19H29N3O/c1-5-18(20(4)16(2)3)19(23)22-13-11-21(12-14-22)15-17-9-7-6-8-10-17/h5-10,16,18H,1,11-15H2,2-4H3/t18-/m1/s1. The molecule has 1 aliphatic rings. The average molecular weight is 315 g/mol. The minimum Gasteiger partial charge on any atom is -0.338 e. The Morgan fingerprint density at radius 2 is 1.83 bits per heavy atom. The summed E-state index contributed by atoms with van der Waals surface area (Å²) in [6.45, 7) is 12.4. The Hall–Kier alpha value is -1.65. The highest BCUT2D eigenvalue weighted by atomic mass is 16.2. The molecule has 0 unspecified atom stereocenters. The summed E-state index contributed by atoms with van der Waals surface area (Å²) >= 11 is 0. The molecule has 4 nitrogen and oxygen atoms in total. The second-order valence-electron chi connectivity index (χ2n) is 6.53. The summed E-state index contributed by atoms with van der Waals surface area (Å²) in [7, 11) is 1.99. The molecule has 1 atom stereocenters. The summed E-state index contributed by atoms with van der Waals surface area (Å²) in [4.78, 5) is 19.2. The third kappa shape index (κ3) is 4.66. The number of benzene rings is 1. The summed E-state index contributed by atoms with van der Waals surface area (Å²) in [5.41, 5.74) is 1.33. The summed E-state index contributed by atoms with van der Waals surface area (Å²) in [6.07, 6.45) is 1.76. The van der Waals surface area contributed by atoms with Crippen LogP contribution in [0.2, 0.25) is 0 Å². The van der Waals surface area contributed by atoms with Crippen LogP contribution < -0.4 is 0 Å².